The number of carbonyl (C=O) groups excluding carboxylic acids is 1. The monoisotopic (exact) mass is 390 g/mol. The maximum Gasteiger partial charge on any atom is 0.254 e. The van der Waals surface area contributed by atoms with Crippen LogP contribution in [0.1, 0.15) is 28.5 Å². The molecule has 29 heavy (non-hydrogen) atoms. The highest BCUT2D eigenvalue weighted by Gasteiger charge is 2.16. The number of nitrogens with one attached hydrogen (secondary N) is 2. The third kappa shape index (κ3) is 3.82. The molecule has 0 saturated heterocycles. The van der Waals surface area contributed by atoms with E-state index in [4.69, 9.17) is 4.74 Å². The Labute approximate surface area is 167 Å². The number of carbonyl (C=O) groups is 1. The molecule has 0 aliphatic carbocycles. The number of H-pyrrole nitrogens is 1. The van der Waals surface area contributed by atoms with Crippen LogP contribution in [0.5, 0.6) is 5.88 Å². The Balaban J connectivity index is 1.44. The number of rotatable bonds is 7. The van der Waals surface area contributed by atoms with Crippen molar-refractivity contribution in [2.45, 2.75) is 20.3 Å². The van der Waals surface area contributed by atoms with Gasteiger partial charge in [-0.3, -0.25) is 4.79 Å². The lowest BCUT2D eigenvalue weighted by atomic mass is 10.1. The molecular formula is C21H22N6O2. The zero-order valence-electron chi connectivity index (χ0n) is 16.3. The maximum absolute atomic E-state index is 12.6. The minimum Gasteiger partial charge on any atom is -0.478 e. The number of para-hydroxylation sites is 1. The second-order valence-electron chi connectivity index (χ2n) is 6.57. The van der Waals surface area contributed by atoms with Crippen LogP contribution in [0.15, 0.2) is 49.1 Å². The van der Waals surface area contributed by atoms with E-state index >= 15 is 0 Å². The molecule has 0 atom stereocenters. The molecule has 2 N–H and O–H groups in total. The third-order valence-electron chi connectivity index (χ3n) is 4.75. The van der Waals surface area contributed by atoms with E-state index in [1.165, 1.54) is 17.3 Å². The lowest BCUT2D eigenvalue weighted by Crippen LogP contribution is -2.26. The van der Waals surface area contributed by atoms with Crippen LogP contribution in [0.3, 0.4) is 0 Å². The molecule has 1 aromatic carbocycles. The zero-order chi connectivity index (χ0) is 20.2. The quantitative estimate of drug-likeness (QED) is 0.506. The smallest absolute Gasteiger partial charge is 0.254 e. The molecule has 4 aromatic rings. The van der Waals surface area contributed by atoms with Gasteiger partial charge >= 0.3 is 0 Å². The van der Waals surface area contributed by atoms with E-state index in [9.17, 15) is 4.79 Å². The Morgan fingerprint density at radius 2 is 2.14 bits per heavy atom. The number of aromatic amines is 1. The summed E-state index contributed by atoms with van der Waals surface area (Å²) in [4.78, 5) is 24.2. The lowest BCUT2D eigenvalue weighted by Gasteiger charge is -2.07. The minimum absolute atomic E-state index is 0.160. The number of fused-ring (bicyclic) bond motifs is 1. The highest BCUT2D eigenvalue weighted by molar-refractivity contribution is 5.95. The predicted molar refractivity (Wildman–Crippen MR) is 109 cm³/mol. The molecule has 0 saturated carbocycles. The van der Waals surface area contributed by atoms with Gasteiger partial charge in [0.2, 0.25) is 5.88 Å². The number of hydrogen-bond acceptors (Lipinski definition) is 5. The Bertz CT molecular complexity index is 1150. The molecule has 0 aliphatic heterocycles. The van der Waals surface area contributed by atoms with Crippen LogP contribution in [0.25, 0.3) is 16.7 Å². The van der Waals surface area contributed by atoms with Crippen molar-refractivity contribution in [3.05, 3.63) is 65.9 Å². The Kier molecular flexibility index (Phi) is 5.24. The van der Waals surface area contributed by atoms with Crippen molar-refractivity contribution in [1.29, 1.82) is 0 Å². The molecule has 8 heteroatoms. The molecule has 0 bridgehead atoms. The minimum atomic E-state index is -0.160. The third-order valence-corrected chi connectivity index (χ3v) is 4.75. The van der Waals surface area contributed by atoms with E-state index in [1.807, 2.05) is 38.2 Å². The van der Waals surface area contributed by atoms with Crippen molar-refractivity contribution in [1.82, 2.24) is 30.0 Å². The van der Waals surface area contributed by atoms with Crippen molar-refractivity contribution in [2.24, 2.45) is 0 Å². The molecule has 148 valence electrons. The standard InChI is InChI=1S/C21H22N6O2/c1-3-29-20-10-19(24-13-25-20)27-14(2)17(12-26-27)21(28)22-9-8-15-11-23-18-7-5-4-6-16(15)18/h4-7,10-13,23H,3,8-9H2,1-2H3,(H,22,28). The van der Waals surface area contributed by atoms with Crippen molar-refractivity contribution < 1.29 is 9.53 Å². The number of benzene rings is 1. The molecule has 1 amide bonds. The van der Waals surface area contributed by atoms with Gasteiger partial charge in [0.1, 0.15) is 6.33 Å². The number of ether oxygens (including phenoxy) is 1. The van der Waals surface area contributed by atoms with Crippen LogP contribution >= 0.6 is 0 Å². The summed E-state index contributed by atoms with van der Waals surface area (Å²) in [7, 11) is 0. The summed E-state index contributed by atoms with van der Waals surface area (Å²) in [6.45, 7) is 4.77. The van der Waals surface area contributed by atoms with Crippen molar-refractivity contribution in [2.75, 3.05) is 13.2 Å². The van der Waals surface area contributed by atoms with Gasteiger partial charge in [0.05, 0.1) is 24.1 Å². The number of hydrogen-bond donors (Lipinski definition) is 2. The first-order valence-corrected chi connectivity index (χ1v) is 9.50. The van der Waals surface area contributed by atoms with Crippen LogP contribution in [-0.4, -0.2) is 43.8 Å². The Hall–Kier alpha value is -3.68. The lowest BCUT2D eigenvalue weighted by molar-refractivity contribution is 0.0953. The zero-order valence-corrected chi connectivity index (χ0v) is 16.3. The van der Waals surface area contributed by atoms with Gasteiger partial charge in [-0.15, -0.1) is 0 Å². The maximum atomic E-state index is 12.6. The largest absolute Gasteiger partial charge is 0.478 e. The first-order chi connectivity index (χ1) is 14.2. The van der Waals surface area contributed by atoms with Crippen molar-refractivity contribution in [3.63, 3.8) is 0 Å². The van der Waals surface area contributed by atoms with Crippen molar-refractivity contribution >= 4 is 16.8 Å². The average Bonchev–Trinajstić information content (AvgIpc) is 3.32. The summed E-state index contributed by atoms with van der Waals surface area (Å²) in [6.07, 6.45) is 5.71. The van der Waals surface area contributed by atoms with E-state index in [-0.39, 0.29) is 5.91 Å². The highest BCUT2D eigenvalue weighted by atomic mass is 16.5. The van der Waals surface area contributed by atoms with Crippen LogP contribution in [-0.2, 0) is 6.42 Å². The van der Waals surface area contributed by atoms with E-state index in [1.54, 1.807) is 16.9 Å². The SMILES string of the molecule is CCOc1cc(-n2ncc(C(=O)NCCc3c[nH]c4ccccc34)c2C)ncn1. The van der Waals surface area contributed by atoms with Crippen LogP contribution in [0.2, 0.25) is 0 Å². The van der Waals surface area contributed by atoms with Crippen LogP contribution < -0.4 is 10.1 Å². The number of aromatic nitrogens is 5. The van der Waals surface area contributed by atoms with E-state index < -0.39 is 0 Å². The van der Waals surface area contributed by atoms with Gasteiger partial charge in [-0.25, -0.2) is 14.6 Å². The van der Waals surface area contributed by atoms with Crippen LogP contribution in [0.4, 0.5) is 0 Å². The fourth-order valence-electron chi connectivity index (χ4n) is 3.28. The van der Waals surface area contributed by atoms with E-state index in [0.717, 1.165) is 11.9 Å². The van der Waals surface area contributed by atoms with Gasteiger partial charge < -0.3 is 15.0 Å². The van der Waals surface area contributed by atoms with Gasteiger partial charge in [0.15, 0.2) is 5.82 Å². The first kappa shape index (κ1) is 18.7. The normalized spacial score (nSPS) is 11.0. The summed E-state index contributed by atoms with van der Waals surface area (Å²) in [5.74, 6) is 0.864. The molecule has 3 heterocycles. The fraction of sp³-hybridized carbons (Fsp3) is 0.238. The van der Waals surface area contributed by atoms with Crippen LogP contribution in [0, 0.1) is 6.92 Å². The van der Waals surface area contributed by atoms with Gasteiger partial charge in [-0.05, 0) is 31.9 Å². The molecule has 0 unspecified atom stereocenters. The molecule has 0 aliphatic rings. The summed E-state index contributed by atoms with van der Waals surface area (Å²) in [5.41, 5.74) is 3.50. The summed E-state index contributed by atoms with van der Waals surface area (Å²) < 4.78 is 7.02. The predicted octanol–water partition coefficient (Wildman–Crippen LogP) is 2.82. The first-order valence-electron chi connectivity index (χ1n) is 9.50. The van der Waals surface area contributed by atoms with Gasteiger partial charge in [-0.2, -0.15) is 5.10 Å². The fourth-order valence-corrected chi connectivity index (χ4v) is 3.28. The number of nitrogens with zero attached hydrogens (tertiary/aromatic N) is 4. The molecule has 4 rings (SSSR count). The van der Waals surface area contributed by atoms with E-state index in [0.29, 0.717) is 36.1 Å². The molecule has 0 fully saturated rings. The molecule has 3 aromatic heterocycles. The summed E-state index contributed by atoms with van der Waals surface area (Å²) in [5, 5.41) is 8.47. The van der Waals surface area contributed by atoms with Gasteiger partial charge in [0, 0.05) is 29.7 Å². The van der Waals surface area contributed by atoms with E-state index in [2.05, 4.69) is 31.4 Å². The van der Waals surface area contributed by atoms with Crippen molar-refractivity contribution in [3.8, 4) is 11.7 Å². The molecule has 0 spiro atoms. The summed E-state index contributed by atoms with van der Waals surface area (Å²) >= 11 is 0. The second kappa shape index (κ2) is 8.14. The Morgan fingerprint density at radius 1 is 1.28 bits per heavy atom. The molecule has 8 nitrogen and oxygen atoms in total. The van der Waals surface area contributed by atoms with Gasteiger partial charge in [0.25, 0.3) is 5.91 Å². The molecular weight excluding hydrogens is 368 g/mol. The topological polar surface area (TPSA) is 97.7 Å². The number of amides is 1. The Morgan fingerprint density at radius 3 is 3.00 bits per heavy atom. The molecule has 0 radical (unpaired) electrons. The van der Waals surface area contributed by atoms with Gasteiger partial charge in [-0.1, -0.05) is 18.2 Å². The average molecular weight is 390 g/mol. The summed E-state index contributed by atoms with van der Waals surface area (Å²) in [6, 6.07) is 9.83. The second-order valence-corrected chi connectivity index (χ2v) is 6.57. The highest BCUT2D eigenvalue weighted by Crippen LogP contribution is 2.18.